The summed E-state index contributed by atoms with van der Waals surface area (Å²) in [5.74, 6) is 1.30. The first-order valence-electron chi connectivity index (χ1n) is 12.0. The second-order valence-electron chi connectivity index (χ2n) is 8.92. The second-order valence-corrected chi connectivity index (χ2v) is 8.92. The number of hydrogen-bond donors (Lipinski definition) is 0. The zero-order valence-corrected chi connectivity index (χ0v) is 19.0. The van der Waals surface area contributed by atoms with E-state index in [-0.39, 0.29) is 11.9 Å². The highest BCUT2D eigenvalue weighted by molar-refractivity contribution is 5.75. The van der Waals surface area contributed by atoms with Gasteiger partial charge in [0.2, 0.25) is 0 Å². The van der Waals surface area contributed by atoms with Gasteiger partial charge >= 0.3 is 5.97 Å². The molecule has 0 atom stereocenters. The third kappa shape index (κ3) is 7.65. The SMILES string of the molecule is C=CCC1CCC(C(=O)Oc2ccc(CCc3ccc(CCCCC)cn3)cc2)CC1. The van der Waals surface area contributed by atoms with Crippen LogP contribution < -0.4 is 4.74 Å². The fraction of sp³-hybridized carbons (Fsp3) is 0.500. The molecule has 0 amide bonds. The molecule has 0 radical (unpaired) electrons. The van der Waals surface area contributed by atoms with E-state index in [4.69, 9.17) is 4.74 Å². The summed E-state index contributed by atoms with van der Waals surface area (Å²) in [6, 6.07) is 12.3. The Morgan fingerprint density at radius 3 is 2.39 bits per heavy atom. The summed E-state index contributed by atoms with van der Waals surface area (Å²) >= 11 is 0. The van der Waals surface area contributed by atoms with Crippen LogP contribution in [0.1, 0.15) is 75.1 Å². The normalized spacial score (nSPS) is 18.5. The number of carbonyl (C=O) groups excluding carboxylic acids is 1. The number of allylic oxidation sites excluding steroid dienone is 1. The van der Waals surface area contributed by atoms with Crippen LogP contribution >= 0.6 is 0 Å². The third-order valence-electron chi connectivity index (χ3n) is 6.45. The monoisotopic (exact) mass is 419 g/mol. The van der Waals surface area contributed by atoms with E-state index in [0.29, 0.717) is 11.7 Å². The molecule has 0 unspecified atom stereocenters. The van der Waals surface area contributed by atoms with Crippen LogP contribution in [0.4, 0.5) is 0 Å². The number of esters is 1. The molecule has 1 aromatic carbocycles. The van der Waals surface area contributed by atoms with E-state index in [1.54, 1.807) is 0 Å². The topological polar surface area (TPSA) is 39.2 Å². The van der Waals surface area contributed by atoms with Crippen LogP contribution in [0, 0.1) is 11.8 Å². The molecule has 0 N–H and O–H groups in total. The molecule has 166 valence electrons. The highest BCUT2D eigenvalue weighted by Gasteiger charge is 2.27. The van der Waals surface area contributed by atoms with Crippen LogP contribution in [-0.2, 0) is 24.1 Å². The Morgan fingerprint density at radius 2 is 1.74 bits per heavy atom. The molecule has 3 nitrogen and oxygen atoms in total. The minimum atomic E-state index is -0.0759. The molecule has 1 fully saturated rings. The summed E-state index contributed by atoms with van der Waals surface area (Å²) in [7, 11) is 0. The van der Waals surface area contributed by atoms with Crippen LogP contribution in [0.3, 0.4) is 0 Å². The van der Waals surface area contributed by atoms with Crippen molar-refractivity contribution < 1.29 is 9.53 Å². The smallest absolute Gasteiger partial charge is 0.314 e. The van der Waals surface area contributed by atoms with Gasteiger partial charge in [-0.1, -0.05) is 44.0 Å². The lowest BCUT2D eigenvalue weighted by Gasteiger charge is -2.26. The van der Waals surface area contributed by atoms with Crippen LogP contribution in [0.25, 0.3) is 0 Å². The van der Waals surface area contributed by atoms with Gasteiger partial charge in [-0.3, -0.25) is 9.78 Å². The highest BCUT2D eigenvalue weighted by atomic mass is 16.5. The number of aromatic nitrogens is 1. The van der Waals surface area contributed by atoms with Gasteiger partial charge < -0.3 is 4.74 Å². The standard InChI is InChI=1S/C28H37NO2/c1-3-5-6-8-24-12-18-26(29-21-24)17-11-23-13-19-27(20-14-23)31-28(30)25-15-9-22(7-4-2)10-16-25/h4,12-14,18-22,25H,2-3,5-11,15-17H2,1H3. The van der Waals surface area contributed by atoms with E-state index in [2.05, 4.69) is 42.8 Å². The molecule has 1 saturated carbocycles. The van der Waals surface area contributed by atoms with Crippen molar-refractivity contribution in [2.75, 3.05) is 0 Å². The van der Waals surface area contributed by atoms with Crippen molar-refractivity contribution in [2.45, 2.75) is 77.6 Å². The lowest BCUT2D eigenvalue weighted by Crippen LogP contribution is -2.25. The first-order valence-corrected chi connectivity index (χ1v) is 12.0. The van der Waals surface area contributed by atoms with E-state index in [1.165, 1.54) is 30.4 Å². The Morgan fingerprint density at radius 1 is 1.00 bits per heavy atom. The molecule has 1 aliphatic rings. The number of hydrogen-bond acceptors (Lipinski definition) is 3. The van der Waals surface area contributed by atoms with Gasteiger partial charge in [-0.25, -0.2) is 0 Å². The van der Waals surface area contributed by atoms with Gasteiger partial charge in [0, 0.05) is 11.9 Å². The third-order valence-corrected chi connectivity index (χ3v) is 6.45. The van der Waals surface area contributed by atoms with Crippen molar-refractivity contribution in [3.8, 4) is 5.75 Å². The van der Waals surface area contributed by atoms with Gasteiger partial charge in [-0.15, -0.1) is 6.58 Å². The predicted molar refractivity (Wildman–Crippen MR) is 127 cm³/mol. The number of ether oxygens (including phenoxy) is 1. The number of pyridine rings is 1. The summed E-state index contributed by atoms with van der Waals surface area (Å²) in [4.78, 5) is 17.1. The first-order chi connectivity index (χ1) is 15.2. The first kappa shape index (κ1) is 23.2. The molecule has 2 aromatic rings. The van der Waals surface area contributed by atoms with Gasteiger partial charge in [0.25, 0.3) is 0 Å². The minimum absolute atomic E-state index is 0.0387. The fourth-order valence-corrected chi connectivity index (χ4v) is 4.40. The lowest BCUT2D eigenvalue weighted by molar-refractivity contribution is -0.140. The highest BCUT2D eigenvalue weighted by Crippen LogP contribution is 2.32. The Bertz CT molecular complexity index is 802. The van der Waals surface area contributed by atoms with E-state index in [1.807, 2.05) is 24.4 Å². The molecule has 0 spiro atoms. The van der Waals surface area contributed by atoms with Crippen LogP contribution in [0.5, 0.6) is 5.75 Å². The maximum absolute atomic E-state index is 12.5. The van der Waals surface area contributed by atoms with Crippen LogP contribution in [0.15, 0.2) is 55.3 Å². The molecule has 3 rings (SSSR count). The maximum Gasteiger partial charge on any atom is 0.314 e. The van der Waals surface area contributed by atoms with Gasteiger partial charge in [-0.05, 0) is 93.0 Å². The molecule has 0 bridgehead atoms. The molecule has 0 saturated heterocycles. The summed E-state index contributed by atoms with van der Waals surface area (Å²) in [6.45, 7) is 6.05. The molecule has 1 aromatic heterocycles. The lowest BCUT2D eigenvalue weighted by atomic mass is 9.80. The van der Waals surface area contributed by atoms with Gasteiger partial charge in [0.15, 0.2) is 0 Å². The molecule has 1 heterocycles. The molecular formula is C28H37NO2. The van der Waals surface area contributed by atoms with Crippen molar-refractivity contribution in [3.05, 3.63) is 72.1 Å². The van der Waals surface area contributed by atoms with Crippen molar-refractivity contribution in [3.63, 3.8) is 0 Å². The Kier molecular flexibility index (Phi) is 9.33. The molecule has 31 heavy (non-hydrogen) atoms. The Labute approximate surface area is 187 Å². The predicted octanol–water partition coefficient (Wildman–Crippen LogP) is 6.89. The molecule has 3 heteroatoms. The van der Waals surface area contributed by atoms with Gasteiger partial charge in [0.1, 0.15) is 5.75 Å². The van der Waals surface area contributed by atoms with Crippen LogP contribution in [-0.4, -0.2) is 11.0 Å². The average Bonchev–Trinajstić information content (AvgIpc) is 2.80. The number of rotatable bonds is 11. The average molecular weight is 420 g/mol. The molecule has 1 aliphatic carbocycles. The summed E-state index contributed by atoms with van der Waals surface area (Å²) in [6.07, 6.45) is 15.9. The van der Waals surface area contributed by atoms with Crippen molar-refractivity contribution in [1.29, 1.82) is 0 Å². The van der Waals surface area contributed by atoms with Gasteiger partial charge in [-0.2, -0.15) is 0 Å². The zero-order valence-electron chi connectivity index (χ0n) is 19.0. The maximum atomic E-state index is 12.5. The Balaban J connectivity index is 1.42. The molecular weight excluding hydrogens is 382 g/mol. The number of nitrogens with zero attached hydrogens (tertiary/aromatic N) is 1. The van der Waals surface area contributed by atoms with Crippen molar-refractivity contribution >= 4 is 5.97 Å². The second kappa shape index (κ2) is 12.4. The van der Waals surface area contributed by atoms with E-state index < -0.39 is 0 Å². The Hall–Kier alpha value is -2.42. The number of unbranched alkanes of at least 4 members (excludes halogenated alkanes) is 2. The zero-order chi connectivity index (χ0) is 21.9. The number of benzene rings is 1. The summed E-state index contributed by atoms with van der Waals surface area (Å²) in [5, 5.41) is 0. The molecule has 0 aliphatic heterocycles. The van der Waals surface area contributed by atoms with Crippen LogP contribution in [0.2, 0.25) is 0 Å². The largest absolute Gasteiger partial charge is 0.426 e. The summed E-state index contributed by atoms with van der Waals surface area (Å²) in [5.41, 5.74) is 3.69. The minimum Gasteiger partial charge on any atom is -0.426 e. The van der Waals surface area contributed by atoms with Gasteiger partial charge in [0.05, 0.1) is 5.92 Å². The van der Waals surface area contributed by atoms with E-state index >= 15 is 0 Å². The van der Waals surface area contributed by atoms with E-state index in [0.717, 1.165) is 57.1 Å². The summed E-state index contributed by atoms with van der Waals surface area (Å²) < 4.78 is 5.65. The van der Waals surface area contributed by atoms with E-state index in [9.17, 15) is 4.79 Å². The van der Waals surface area contributed by atoms with Crippen molar-refractivity contribution in [1.82, 2.24) is 4.98 Å². The number of aryl methyl sites for hydroxylation is 3. The quantitative estimate of drug-likeness (QED) is 0.172. The number of carbonyl (C=O) groups is 1. The fourth-order valence-electron chi connectivity index (χ4n) is 4.40. The van der Waals surface area contributed by atoms with Crippen molar-refractivity contribution in [2.24, 2.45) is 11.8 Å².